The standard InChI is InChI=1S/C22H27N3O2/c1-16(2)13-14-25-20-12-8-7-11-19(20)24-22(25)17(3)23-21(26)15-27-18-9-5-4-6-10-18/h4-12,16-17H,13-15H2,1-3H3,(H,23,26). The second-order valence-electron chi connectivity index (χ2n) is 7.18. The summed E-state index contributed by atoms with van der Waals surface area (Å²) in [6.07, 6.45) is 1.06. The molecule has 27 heavy (non-hydrogen) atoms. The van der Waals surface area contributed by atoms with Gasteiger partial charge in [-0.05, 0) is 43.5 Å². The van der Waals surface area contributed by atoms with Crippen LogP contribution in [-0.4, -0.2) is 22.1 Å². The zero-order valence-corrected chi connectivity index (χ0v) is 16.2. The second kappa shape index (κ2) is 8.71. The van der Waals surface area contributed by atoms with Crippen molar-refractivity contribution in [2.24, 2.45) is 5.92 Å². The van der Waals surface area contributed by atoms with Gasteiger partial charge in [0, 0.05) is 6.54 Å². The van der Waals surface area contributed by atoms with Crippen LogP contribution in [0.3, 0.4) is 0 Å². The molecule has 0 aliphatic heterocycles. The highest BCUT2D eigenvalue weighted by molar-refractivity contribution is 5.79. The van der Waals surface area contributed by atoms with Crippen molar-refractivity contribution < 1.29 is 9.53 Å². The van der Waals surface area contributed by atoms with Crippen LogP contribution in [0.4, 0.5) is 0 Å². The third-order valence-electron chi connectivity index (χ3n) is 4.49. The van der Waals surface area contributed by atoms with E-state index in [1.807, 2.05) is 55.5 Å². The largest absolute Gasteiger partial charge is 0.484 e. The molecule has 1 atom stereocenters. The van der Waals surface area contributed by atoms with E-state index in [0.29, 0.717) is 11.7 Å². The van der Waals surface area contributed by atoms with Gasteiger partial charge in [0.05, 0.1) is 17.1 Å². The van der Waals surface area contributed by atoms with Crippen molar-refractivity contribution in [3.05, 3.63) is 60.4 Å². The Balaban J connectivity index is 1.71. The van der Waals surface area contributed by atoms with E-state index in [0.717, 1.165) is 29.8 Å². The van der Waals surface area contributed by atoms with Crippen LogP contribution in [0.1, 0.15) is 39.1 Å². The van der Waals surface area contributed by atoms with E-state index in [9.17, 15) is 4.79 Å². The normalized spacial score (nSPS) is 12.3. The number of aromatic nitrogens is 2. The molecule has 3 rings (SSSR count). The lowest BCUT2D eigenvalue weighted by Gasteiger charge is -2.17. The first-order valence-corrected chi connectivity index (χ1v) is 9.47. The summed E-state index contributed by atoms with van der Waals surface area (Å²) in [6.45, 7) is 7.26. The Hall–Kier alpha value is -2.82. The number of benzene rings is 2. The van der Waals surface area contributed by atoms with Crippen molar-refractivity contribution in [1.29, 1.82) is 0 Å². The topological polar surface area (TPSA) is 56.2 Å². The van der Waals surface area contributed by atoms with E-state index < -0.39 is 0 Å². The van der Waals surface area contributed by atoms with E-state index in [2.05, 4.69) is 29.8 Å². The Labute approximate surface area is 160 Å². The molecule has 0 spiro atoms. The first-order chi connectivity index (χ1) is 13.0. The maximum atomic E-state index is 12.3. The molecule has 0 saturated carbocycles. The molecule has 1 unspecified atom stereocenters. The van der Waals surface area contributed by atoms with Gasteiger partial charge in [0.15, 0.2) is 6.61 Å². The molecule has 0 fully saturated rings. The Morgan fingerprint density at radius 2 is 1.78 bits per heavy atom. The first kappa shape index (κ1) is 19.0. The van der Waals surface area contributed by atoms with Crippen LogP contribution in [0.2, 0.25) is 0 Å². The summed E-state index contributed by atoms with van der Waals surface area (Å²) in [5.41, 5.74) is 2.06. The summed E-state index contributed by atoms with van der Waals surface area (Å²) in [7, 11) is 0. The number of carbonyl (C=O) groups excluding carboxylic acids is 1. The van der Waals surface area contributed by atoms with Crippen LogP contribution in [0.25, 0.3) is 11.0 Å². The molecule has 1 aromatic heterocycles. The quantitative estimate of drug-likeness (QED) is 0.646. The van der Waals surface area contributed by atoms with Gasteiger partial charge >= 0.3 is 0 Å². The fourth-order valence-electron chi connectivity index (χ4n) is 3.06. The predicted molar refractivity (Wildman–Crippen MR) is 108 cm³/mol. The maximum absolute atomic E-state index is 12.3. The molecule has 0 radical (unpaired) electrons. The molecule has 142 valence electrons. The van der Waals surface area contributed by atoms with Gasteiger partial charge in [0.1, 0.15) is 11.6 Å². The van der Waals surface area contributed by atoms with Crippen molar-refractivity contribution in [3.63, 3.8) is 0 Å². The Morgan fingerprint density at radius 3 is 2.52 bits per heavy atom. The number of nitrogens with zero attached hydrogens (tertiary/aromatic N) is 2. The minimum absolute atomic E-state index is 0.0133. The van der Waals surface area contributed by atoms with Gasteiger partial charge in [-0.1, -0.05) is 44.2 Å². The molecule has 0 aliphatic carbocycles. The van der Waals surface area contributed by atoms with Crippen molar-refractivity contribution in [2.75, 3.05) is 6.61 Å². The molecule has 0 bridgehead atoms. The lowest BCUT2D eigenvalue weighted by atomic mass is 10.1. The van der Waals surface area contributed by atoms with E-state index in [1.165, 1.54) is 0 Å². The van der Waals surface area contributed by atoms with Crippen LogP contribution in [0.15, 0.2) is 54.6 Å². The SMILES string of the molecule is CC(C)CCn1c(C(C)NC(=O)COc2ccccc2)nc2ccccc21. The number of para-hydroxylation sites is 3. The van der Waals surface area contributed by atoms with Crippen LogP contribution < -0.4 is 10.1 Å². The average molecular weight is 365 g/mol. The molecule has 0 aliphatic rings. The summed E-state index contributed by atoms with van der Waals surface area (Å²) in [5, 5.41) is 3.01. The minimum Gasteiger partial charge on any atom is -0.484 e. The van der Waals surface area contributed by atoms with Crippen molar-refractivity contribution in [3.8, 4) is 5.75 Å². The molecular weight excluding hydrogens is 338 g/mol. The number of nitrogens with one attached hydrogen (secondary N) is 1. The van der Waals surface area contributed by atoms with Gasteiger partial charge < -0.3 is 14.6 Å². The monoisotopic (exact) mass is 365 g/mol. The van der Waals surface area contributed by atoms with Gasteiger partial charge in [0.2, 0.25) is 0 Å². The maximum Gasteiger partial charge on any atom is 0.258 e. The average Bonchev–Trinajstić information content (AvgIpc) is 3.04. The number of carbonyl (C=O) groups is 1. The summed E-state index contributed by atoms with van der Waals surface area (Å²) in [5.74, 6) is 2.01. The van der Waals surface area contributed by atoms with Gasteiger partial charge in [-0.15, -0.1) is 0 Å². The van der Waals surface area contributed by atoms with Crippen LogP contribution in [-0.2, 0) is 11.3 Å². The molecule has 1 N–H and O–H groups in total. The fraction of sp³-hybridized carbons (Fsp3) is 0.364. The highest BCUT2D eigenvalue weighted by atomic mass is 16.5. The molecule has 2 aromatic carbocycles. The number of amides is 1. The molecular formula is C22H27N3O2. The van der Waals surface area contributed by atoms with Gasteiger partial charge in [-0.2, -0.15) is 0 Å². The number of imidazole rings is 1. The van der Waals surface area contributed by atoms with E-state index in [1.54, 1.807) is 0 Å². The molecule has 0 saturated heterocycles. The lowest BCUT2D eigenvalue weighted by Crippen LogP contribution is -2.32. The van der Waals surface area contributed by atoms with E-state index >= 15 is 0 Å². The van der Waals surface area contributed by atoms with Crippen LogP contribution in [0, 0.1) is 5.92 Å². The van der Waals surface area contributed by atoms with Gasteiger partial charge in [-0.3, -0.25) is 4.79 Å². The Morgan fingerprint density at radius 1 is 1.07 bits per heavy atom. The van der Waals surface area contributed by atoms with E-state index in [-0.39, 0.29) is 18.6 Å². The summed E-state index contributed by atoms with van der Waals surface area (Å²) in [6, 6.07) is 17.3. The van der Waals surface area contributed by atoms with E-state index in [4.69, 9.17) is 9.72 Å². The minimum atomic E-state index is -0.198. The summed E-state index contributed by atoms with van der Waals surface area (Å²) >= 11 is 0. The van der Waals surface area contributed by atoms with Crippen LogP contribution >= 0.6 is 0 Å². The highest BCUT2D eigenvalue weighted by Gasteiger charge is 2.18. The van der Waals surface area contributed by atoms with Gasteiger partial charge in [0.25, 0.3) is 5.91 Å². The molecule has 3 aromatic rings. The number of fused-ring (bicyclic) bond motifs is 1. The Bertz CT molecular complexity index is 887. The third-order valence-corrected chi connectivity index (χ3v) is 4.49. The van der Waals surface area contributed by atoms with Crippen LogP contribution in [0.5, 0.6) is 5.75 Å². The molecule has 5 heteroatoms. The van der Waals surface area contributed by atoms with Crippen molar-refractivity contribution in [1.82, 2.24) is 14.9 Å². The number of rotatable bonds is 8. The number of aryl methyl sites for hydroxylation is 1. The summed E-state index contributed by atoms with van der Waals surface area (Å²) < 4.78 is 7.75. The predicted octanol–water partition coefficient (Wildman–Crippen LogP) is 4.34. The Kier molecular flexibility index (Phi) is 6.12. The number of ether oxygens (including phenoxy) is 1. The fourth-order valence-corrected chi connectivity index (χ4v) is 3.06. The summed E-state index contributed by atoms with van der Waals surface area (Å²) in [4.78, 5) is 17.1. The molecule has 5 nitrogen and oxygen atoms in total. The molecule has 1 amide bonds. The first-order valence-electron chi connectivity index (χ1n) is 9.47. The highest BCUT2D eigenvalue weighted by Crippen LogP contribution is 2.22. The smallest absolute Gasteiger partial charge is 0.258 e. The number of hydrogen-bond acceptors (Lipinski definition) is 3. The van der Waals surface area contributed by atoms with Gasteiger partial charge in [-0.25, -0.2) is 4.98 Å². The molecule has 1 heterocycles. The van der Waals surface area contributed by atoms with Crippen molar-refractivity contribution >= 4 is 16.9 Å². The zero-order valence-electron chi connectivity index (χ0n) is 16.2. The second-order valence-corrected chi connectivity index (χ2v) is 7.18. The number of hydrogen-bond donors (Lipinski definition) is 1. The van der Waals surface area contributed by atoms with Crippen molar-refractivity contribution in [2.45, 2.75) is 39.8 Å². The third kappa shape index (κ3) is 4.88. The zero-order chi connectivity index (χ0) is 19.2. The lowest BCUT2D eigenvalue weighted by molar-refractivity contribution is -0.123.